The largest absolute Gasteiger partial charge is 0.487 e. The number of rotatable bonds is 4. The summed E-state index contributed by atoms with van der Waals surface area (Å²) in [4.78, 5) is 15.9. The number of aromatic nitrogens is 1. The Morgan fingerprint density at radius 2 is 2.05 bits per heavy atom. The number of carbonyl (C=O) groups is 1. The molecule has 0 unspecified atom stereocenters. The van der Waals surface area contributed by atoms with Gasteiger partial charge in [0.2, 0.25) is 0 Å². The Bertz CT molecular complexity index is 618. The Morgan fingerprint density at radius 3 is 2.71 bits per heavy atom. The number of carbonyl (C=O) groups excluding carboxylic acids is 1. The second-order valence-corrected chi connectivity index (χ2v) is 5.01. The second kappa shape index (κ2) is 6.95. The lowest BCUT2D eigenvalue weighted by Gasteiger charge is -2.16. The summed E-state index contributed by atoms with van der Waals surface area (Å²) in [5, 5.41) is 5.84. The smallest absolute Gasteiger partial charge is 0.323 e. The van der Waals surface area contributed by atoms with Crippen LogP contribution in [-0.4, -0.2) is 17.1 Å². The molecule has 1 heterocycles. The molecule has 1 aromatic heterocycles. The van der Waals surface area contributed by atoms with Gasteiger partial charge >= 0.3 is 6.03 Å². The summed E-state index contributed by atoms with van der Waals surface area (Å²) in [5.41, 5.74) is 1.11. The summed E-state index contributed by atoms with van der Waals surface area (Å²) < 4.78 is 5.64. The maximum Gasteiger partial charge on any atom is 0.323 e. The van der Waals surface area contributed by atoms with Crippen LogP contribution >= 0.6 is 11.6 Å². The van der Waals surface area contributed by atoms with Gasteiger partial charge < -0.3 is 15.4 Å². The van der Waals surface area contributed by atoms with Crippen LogP contribution < -0.4 is 15.4 Å². The van der Waals surface area contributed by atoms with Crippen molar-refractivity contribution < 1.29 is 9.53 Å². The third kappa shape index (κ3) is 4.36. The van der Waals surface area contributed by atoms with Crippen LogP contribution in [-0.2, 0) is 0 Å². The van der Waals surface area contributed by atoms with Crippen molar-refractivity contribution in [1.29, 1.82) is 0 Å². The van der Waals surface area contributed by atoms with Gasteiger partial charge in [0.15, 0.2) is 5.75 Å². The van der Waals surface area contributed by atoms with Gasteiger partial charge in [-0.3, -0.25) is 4.98 Å². The number of ether oxygens (including phenoxy) is 1. The molecule has 110 valence electrons. The molecule has 0 saturated heterocycles. The monoisotopic (exact) mass is 305 g/mol. The predicted molar refractivity (Wildman–Crippen MR) is 84.1 cm³/mol. The molecule has 2 rings (SSSR count). The average Bonchev–Trinajstić information content (AvgIpc) is 2.43. The first kappa shape index (κ1) is 15.1. The zero-order valence-electron chi connectivity index (χ0n) is 11.8. The number of halogens is 1. The molecule has 0 radical (unpaired) electrons. The van der Waals surface area contributed by atoms with E-state index in [1.165, 1.54) is 0 Å². The van der Waals surface area contributed by atoms with Gasteiger partial charge in [-0.15, -0.1) is 0 Å². The number of anilines is 2. The van der Waals surface area contributed by atoms with E-state index in [0.29, 0.717) is 22.1 Å². The third-order valence-corrected chi connectivity index (χ3v) is 2.79. The highest BCUT2D eigenvalue weighted by atomic mass is 35.5. The maximum absolute atomic E-state index is 12.0. The molecule has 21 heavy (non-hydrogen) atoms. The minimum absolute atomic E-state index is 0.0492. The van der Waals surface area contributed by atoms with Crippen molar-refractivity contribution in [2.45, 2.75) is 20.0 Å². The van der Waals surface area contributed by atoms with E-state index in [1.807, 2.05) is 13.8 Å². The number of hydrogen-bond donors (Lipinski definition) is 2. The van der Waals surface area contributed by atoms with E-state index >= 15 is 0 Å². The minimum Gasteiger partial charge on any atom is -0.487 e. The van der Waals surface area contributed by atoms with Crippen molar-refractivity contribution in [3.63, 3.8) is 0 Å². The normalized spacial score (nSPS) is 10.3. The fourth-order valence-corrected chi connectivity index (χ4v) is 1.90. The zero-order valence-corrected chi connectivity index (χ0v) is 12.5. The SMILES string of the molecule is CC(C)Oc1c(Cl)cccc1NC(=O)Nc1cccnc1. The molecule has 2 N–H and O–H groups in total. The Kier molecular flexibility index (Phi) is 5.00. The number of urea groups is 1. The summed E-state index contributed by atoms with van der Waals surface area (Å²) in [6.45, 7) is 3.78. The minimum atomic E-state index is -0.390. The van der Waals surface area contributed by atoms with Crippen molar-refractivity contribution >= 4 is 29.0 Å². The van der Waals surface area contributed by atoms with Crippen LogP contribution in [0.2, 0.25) is 5.02 Å². The number of pyridine rings is 1. The average molecular weight is 306 g/mol. The number of para-hydroxylation sites is 1. The van der Waals surface area contributed by atoms with E-state index in [4.69, 9.17) is 16.3 Å². The molecule has 6 heteroatoms. The Labute approximate surface area is 128 Å². The Balaban J connectivity index is 2.12. The fraction of sp³-hybridized carbons (Fsp3) is 0.200. The van der Waals surface area contributed by atoms with Crippen molar-refractivity contribution in [3.05, 3.63) is 47.7 Å². The van der Waals surface area contributed by atoms with E-state index in [0.717, 1.165) is 0 Å². The Morgan fingerprint density at radius 1 is 1.24 bits per heavy atom. The van der Waals surface area contributed by atoms with Gasteiger partial charge in [0.1, 0.15) is 0 Å². The van der Waals surface area contributed by atoms with E-state index < -0.39 is 0 Å². The molecular formula is C15H16ClN3O2. The summed E-state index contributed by atoms with van der Waals surface area (Å²) >= 11 is 6.11. The number of amides is 2. The summed E-state index contributed by atoms with van der Waals surface area (Å²) in [6.07, 6.45) is 3.14. The molecule has 0 saturated carbocycles. The van der Waals surface area contributed by atoms with Crippen LogP contribution in [0.15, 0.2) is 42.7 Å². The summed E-state index contributed by atoms with van der Waals surface area (Å²) in [6, 6.07) is 8.28. The number of nitrogens with zero attached hydrogens (tertiary/aromatic N) is 1. The number of nitrogens with one attached hydrogen (secondary N) is 2. The van der Waals surface area contributed by atoms with Gasteiger partial charge in [-0.25, -0.2) is 4.79 Å². The lowest BCUT2D eigenvalue weighted by atomic mass is 10.3. The fourth-order valence-electron chi connectivity index (χ4n) is 1.68. The van der Waals surface area contributed by atoms with Crippen molar-refractivity contribution in [1.82, 2.24) is 4.98 Å². The first-order valence-corrected chi connectivity index (χ1v) is 6.87. The van der Waals surface area contributed by atoms with E-state index in [9.17, 15) is 4.79 Å². The predicted octanol–water partition coefficient (Wildman–Crippen LogP) is 4.17. The standard InChI is InChI=1S/C15H16ClN3O2/c1-10(2)21-14-12(16)6-3-7-13(14)19-15(20)18-11-5-4-8-17-9-11/h3-10H,1-2H3,(H2,18,19,20). The van der Waals surface area contributed by atoms with Crippen LogP contribution in [0, 0.1) is 0 Å². The van der Waals surface area contributed by atoms with Gasteiger partial charge in [0, 0.05) is 6.20 Å². The number of hydrogen-bond acceptors (Lipinski definition) is 3. The molecule has 0 aliphatic rings. The second-order valence-electron chi connectivity index (χ2n) is 4.60. The molecular weight excluding hydrogens is 290 g/mol. The van der Waals surface area contributed by atoms with E-state index in [2.05, 4.69) is 15.6 Å². The quantitative estimate of drug-likeness (QED) is 0.891. The Hall–Kier alpha value is -2.27. The van der Waals surface area contributed by atoms with Gasteiger partial charge in [-0.05, 0) is 38.1 Å². The molecule has 0 spiro atoms. The maximum atomic E-state index is 12.0. The number of benzene rings is 1. The highest BCUT2D eigenvalue weighted by molar-refractivity contribution is 6.32. The third-order valence-electron chi connectivity index (χ3n) is 2.49. The van der Waals surface area contributed by atoms with Crippen molar-refractivity contribution in [3.8, 4) is 5.75 Å². The van der Waals surface area contributed by atoms with Crippen LogP contribution in [0.1, 0.15) is 13.8 Å². The highest BCUT2D eigenvalue weighted by Crippen LogP contribution is 2.33. The summed E-state index contributed by atoms with van der Waals surface area (Å²) in [5.74, 6) is 0.454. The molecule has 2 amide bonds. The van der Waals surface area contributed by atoms with Gasteiger partial charge in [0.05, 0.1) is 28.7 Å². The molecule has 0 atom stereocenters. The molecule has 0 bridgehead atoms. The van der Waals surface area contributed by atoms with Crippen LogP contribution in [0.4, 0.5) is 16.2 Å². The van der Waals surface area contributed by atoms with E-state index in [1.54, 1.807) is 42.7 Å². The highest BCUT2D eigenvalue weighted by Gasteiger charge is 2.12. The summed E-state index contributed by atoms with van der Waals surface area (Å²) in [7, 11) is 0. The topological polar surface area (TPSA) is 63.2 Å². The molecule has 1 aromatic carbocycles. The van der Waals surface area contributed by atoms with Gasteiger partial charge in [-0.1, -0.05) is 17.7 Å². The molecule has 2 aromatic rings. The first-order chi connectivity index (χ1) is 10.1. The first-order valence-electron chi connectivity index (χ1n) is 6.49. The van der Waals surface area contributed by atoms with Crippen LogP contribution in [0.3, 0.4) is 0 Å². The lowest BCUT2D eigenvalue weighted by molar-refractivity contribution is 0.243. The van der Waals surface area contributed by atoms with Crippen molar-refractivity contribution in [2.75, 3.05) is 10.6 Å². The lowest BCUT2D eigenvalue weighted by Crippen LogP contribution is -2.20. The van der Waals surface area contributed by atoms with Crippen LogP contribution in [0.5, 0.6) is 5.75 Å². The molecule has 5 nitrogen and oxygen atoms in total. The zero-order chi connectivity index (χ0) is 15.2. The van der Waals surface area contributed by atoms with Crippen molar-refractivity contribution in [2.24, 2.45) is 0 Å². The van der Waals surface area contributed by atoms with Gasteiger partial charge in [-0.2, -0.15) is 0 Å². The van der Waals surface area contributed by atoms with Gasteiger partial charge in [0.25, 0.3) is 0 Å². The molecule has 0 aliphatic heterocycles. The van der Waals surface area contributed by atoms with E-state index in [-0.39, 0.29) is 12.1 Å². The molecule has 0 aliphatic carbocycles. The van der Waals surface area contributed by atoms with Crippen LogP contribution in [0.25, 0.3) is 0 Å². The molecule has 0 fully saturated rings.